The number of hydrogen-bond acceptors (Lipinski definition) is 9. The zero-order valence-corrected chi connectivity index (χ0v) is 26.2. The summed E-state index contributed by atoms with van der Waals surface area (Å²) in [5.74, 6) is -1.12. The first-order valence-corrected chi connectivity index (χ1v) is 15.7. The molecule has 5 rings (SSSR count). The highest BCUT2D eigenvalue weighted by Crippen LogP contribution is 2.49. The largest absolute Gasteiger partial charge is 0.508 e. The molecule has 0 aromatic heterocycles. The minimum Gasteiger partial charge on any atom is -0.508 e. The molecule has 10 nitrogen and oxygen atoms in total. The maximum absolute atomic E-state index is 13.5. The number of halogens is 1. The van der Waals surface area contributed by atoms with Crippen LogP contribution in [0.1, 0.15) is 54.2 Å². The minimum absolute atomic E-state index is 0.0507. The summed E-state index contributed by atoms with van der Waals surface area (Å²) >= 11 is 0. The quantitative estimate of drug-likeness (QED) is 0.0783. The highest BCUT2D eigenvalue weighted by Gasteiger charge is 2.49. The van der Waals surface area contributed by atoms with Crippen molar-refractivity contribution in [2.24, 2.45) is 5.92 Å². The number of aliphatic hydroxyl groups excluding tert-OH is 6. The summed E-state index contributed by atoms with van der Waals surface area (Å²) in [6, 6.07) is 26.0. The molecule has 4 aromatic carbocycles. The van der Waals surface area contributed by atoms with Crippen molar-refractivity contribution in [1.29, 1.82) is 0 Å². The van der Waals surface area contributed by atoms with Gasteiger partial charge in [-0.3, -0.25) is 4.79 Å². The molecule has 0 saturated carbocycles. The van der Waals surface area contributed by atoms with Crippen LogP contribution in [0.4, 0.5) is 10.1 Å². The Morgan fingerprint density at radius 1 is 0.771 bits per heavy atom. The van der Waals surface area contributed by atoms with Crippen molar-refractivity contribution < 1.29 is 49.7 Å². The van der Waals surface area contributed by atoms with Crippen LogP contribution in [0.15, 0.2) is 97.1 Å². The van der Waals surface area contributed by atoms with E-state index in [-0.39, 0.29) is 24.5 Å². The van der Waals surface area contributed by atoms with Crippen molar-refractivity contribution >= 4 is 11.6 Å². The van der Waals surface area contributed by atoms with Crippen LogP contribution in [0.3, 0.4) is 0 Å². The number of methoxy groups -OCH3 is 1. The molecule has 0 radical (unpaired) electrons. The molecule has 254 valence electrons. The van der Waals surface area contributed by atoms with Crippen LogP contribution in [-0.4, -0.2) is 73.4 Å². The Labute approximate surface area is 277 Å². The van der Waals surface area contributed by atoms with E-state index in [9.17, 15) is 44.9 Å². The van der Waals surface area contributed by atoms with Gasteiger partial charge in [-0.1, -0.05) is 60.7 Å². The molecule has 1 fully saturated rings. The summed E-state index contributed by atoms with van der Waals surface area (Å²) in [4.78, 5) is 15.1. The molecule has 1 aliphatic heterocycles. The first-order valence-electron chi connectivity index (χ1n) is 15.7. The van der Waals surface area contributed by atoms with E-state index in [0.29, 0.717) is 39.9 Å². The Morgan fingerprint density at radius 2 is 1.46 bits per heavy atom. The third-order valence-corrected chi connectivity index (χ3v) is 8.95. The van der Waals surface area contributed by atoms with Crippen LogP contribution in [0.2, 0.25) is 0 Å². The van der Waals surface area contributed by atoms with Gasteiger partial charge in [-0.05, 0) is 71.5 Å². The average Bonchev–Trinajstić information content (AvgIpc) is 3.10. The van der Waals surface area contributed by atoms with Crippen molar-refractivity contribution in [2.75, 3.05) is 12.0 Å². The Kier molecular flexibility index (Phi) is 11.2. The minimum atomic E-state index is -1.78. The summed E-state index contributed by atoms with van der Waals surface area (Å²) in [7, 11) is 1.13. The number of benzene rings is 4. The lowest BCUT2D eigenvalue weighted by atomic mass is 9.77. The number of para-hydroxylation sites is 1. The molecule has 1 unspecified atom stereocenters. The van der Waals surface area contributed by atoms with Gasteiger partial charge in [0.25, 0.3) is 0 Å². The summed E-state index contributed by atoms with van der Waals surface area (Å²) in [6.45, 7) is 0. The molecule has 0 aliphatic carbocycles. The van der Waals surface area contributed by atoms with Gasteiger partial charge >= 0.3 is 0 Å². The van der Waals surface area contributed by atoms with Crippen LogP contribution in [0, 0.1) is 11.7 Å². The van der Waals surface area contributed by atoms with Crippen molar-refractivity contribution in [3.05, 3.63) is 120 Å². The predicted octanol–water partition coefficient (Wildman–Crippen LogP) is 3.89. The molecule has 1 saturated heterocycles. The summed E-state index contributed by atoms with van der Waals surface area (Å²) in [5, 5.41) is 72.9. The molecule has 1 aliphatic rings. The number of amides is 1. The van der Waals surface area contributed by atoms with Gasteiger partial charge in [0.15, 0.2) is 6.29 Å². The van der Waals surface area contributed by atoms with Gasteiger partial charge in [0.1, 0.15) is 23.8 Å². The van der Waals surface area contributed by atoms with Crippen LogP contribution < -0.4 is 4.90 Å². The maximum atomic E-state index is 13.5. The van der Waals surface area contributed by atoms with E-state index in [1.807, 2.05) is 30.3 Å². The second-order valence-electron chi connectivity index (χ2n) is 12.1. The highest BCUT2D eigenvalue weighted by atomic mass is 19.1. The molecule has 4 aromatic rings. The van der Waals surface area contributed by atoms with E-state index in [4.69, 9.17) is 0 Å². The third kappa shape index (κ3) is 7.58. The highest BCUT2D eigenvalue weighted by molar-refractivity contribution is 6.03. The number of phenolic OH excluding ortho intramolecular Hbond substituents is 1. The van der Waals surface area contributed by atoms with Crippen molar-refractivity contribution in [2.45, 2.75) is 62.1 Å². The van der Waals surface area contributed by atoms with E-state index in [1.165, 1.54) is 24.3 Å². The molecule has 7 N–H and O–H groups in total. The van der Waals surface area contributed by atoms with Crippen LogP contribution >= 0.6 is 0 Å². The van der Waals surface area contributed by atoms with Gasteiger partial charge in [0.2, 0.25) is 5.91 Å². The normalized spacial score (nSPS) is 20.0. The number of aliphatic hydroxyl groups is 6. The van der Waals surface area contributed by atoms with E-state index < -0.39 is 54.6 Å². The number of anilines is 1. The lowest BCUT2D eigenvalue weighted by Gasteiger charge is -2.48. The summed E-state index contributed by atoms with van der Waals surface area (Å²) in [5.41, 5.74) is 3.40. The number of hydrogen-bond donors (Lipinski definition) is 7. The molecule has 8 atom stereocenters. The molecular weight excluding hydrogens is 621 g/mol. The number of β-lactam (4-membered cyclic amide) rings is 1. The number of nitrogens with zero attached hydrogens (tertiary/aromatic N) is 1. The number of carbonyl (C=O) groups is 1. The smallest absolute Gasteiger partial charge is 0.233 e. The van der Waals surface area contributed by atoms with E-state index in [1.54, 1.807) is 47.4 Å². The number of phenols is 1. The van der Waals surface area contributed by atoms with Crippen molar-refractivity contribution in [1.82, 2.24) is 0 Å². The van der Waals surface area contributed by atoms with Gasteiger partial charge in [-0.15, -0.1) is 0 Å². The summed E-state index contributed by atoms with van der Waals surface area (Å²) in [6.07, 6.45) is -8.73. The van der Waals surface area contributed by atoms with E-state index in [2.05, 4.69) is 4.74 Å². The zero-order valence-electron chi connectivity index (χ0n) is 26.2. The fourth-order valence-electron chi connectivity index (χ4n) is 6.19. The Balaban J connectivity index is 1.35. The fraction of sp³-hybridized carbons (Fsp3) is 0.324. The Morgan fingerprint density at radius 3 is 2.12 bits per heavy atom. The number of rotatable bonds is 14. The summed E-state index contributed by atoms with van der Waals surface area (Å²) < 4.78 is 18.0. The van der Waals surface area contributed by atoms with Crippen molar-refractivity contribution in [3.8, 4) is 16.9 Å². The van der Waals surface area contributed by atoms with E-state index >= 15 is 0 Å². The van der Waals surface area contributed by atoms with Crippen LogP contribution in [0.25, 0.3) is 11.1 Å². The molecule has 11 heteroatoms. The predicted molar refractivity (Wildman–Crippen MR) is 175 cm³/mol. The van der Waals surface area contributed by atoms with E-state index in [0.717, 1.165) is 7.11 Å². The second-order valence-corrected chi connectivity index (χ2v) is 12.1. The number of aromatic hydroxyl groups is 1. The molecular formula is C37H40FNO9. The topological polar surface area (TPSA) is 171 Å². The average molecular weight is 662 g/mol. The van der Waals surface area contributed by atoms with Crippen molar-refractivity contribution in [3.63, 3.8) is 0 Å². The fourth-order valence-corrected chi connectivity index (χ4v) is 6.19. The van der Waals surface area contributed by atoms with Crippen LogP contribution in [-0.2, 0) is 9.53 Å². The van der Waals surface area contributed by atoms with Gasteiger partial charge in [-0.2, -0.15) is 0 Å². The Hall–Kier alpha value is -4.20. The molecule has 1 amide bonds. The SMILES string of the molecule is COC(O)[C@H](O)[C@@H](O)[C@H](O)C[C@@H](O)c1cccc(-c2ccc([C@@H]3[C@@H](CC[C@H](O)c4ccc(F)cc4)C(=O)N3c3ccccc3)c(O)c2)c1. The standard InChI is InChI=1S/C37H40FNO9/c1-48-37(47)35(45)34(44)32(43)20-30(41)24-7-5-6-22(18-24)23-12-15-27(31(42)19-23)33-28(36(46)39(33)26-8-3-2-4-9-26)16-17-29(40)21-10-13-25(38)14-11-21/h2-15,18-19,28-30,32-35,37,40-45,47H,16-17,20H2,1H3/t28-,29+,30-,32-,33-,34+,35-,37?/m1/s1. The van der Waals surface area contributed by atoms with Gasteiger partial charge < -0.3 is 45.4 Å². The first kappa shape index (κ1) is 35.1. The lowest BCUT2D eigenvalue weighted by molar-refractivity contribution is -0.192. The first-order chi connectivity index (χ1) is 23.0. The third-order valence-electron chi connectivity index (χ3n) is 8.95. The molecule has 1 heterocycles. The van der Waals surface area contributed by atoms with Crippen LogP contribution in [0.5, 0.6) is 5.75 Å². The van der Waals surface area contributed by atoms with Gasteiger partial charge in [-0.25, -0.2) is 4.39 Å². The number of carbonyl (C=O) groups excluding carboxylic acids is 1. The maximum Gasteiger partial charge on any atom is 0.233 e. The number of ether oxygens (including phenoxy) is 1. The Bertz CT molecular complexity index is 1670. The lowest BCUT2D eigenvalue weighted by Crippen LogP contribution is -2.55. The molecule has 0 bridgehead atoms. The van der Waals surface area contributed by atoms with Gasteiger partial charge in [0, 0.05) is 24.8 Å². The van der Waals surface area contributed by atoms with Gasteiger partial charge in [0.05, 0.1) is 30.3 Å². The zero-order chi connectivity index (χ0) is 34.5. The second kappa shape index (κ2) is 15.3. The molecule has 0 spiro atoms. The molecule has 48 heavy (non-hydrogen) atoms. The monoisotopic (exact) mass is 661 g/mol.